The fourth-order valence-corrected chi connectivity index (χ4v) is 2.68. The molecule has 0 fully saturated rings. The van der Waals surface area contributed by atoms with Gasteiger partial charge in [-0.1, -0.05) is 23.7 Å². The number of ether oxygens (including phenoxy) is 1. The van der Waals surface area contributed by atoms with Crippen LogP contribution in [0.3, 0.4) is 0 Å². The molecular weight excluding hydrogens is 402 g/mol. The molecule has 4 aromatic rings. The van der Waals surface area contributed by atoms with Crippen molar-refractivity contribution in [1.82, 2.24) is 19.7 Å². The summed E-state index contributed by atoms with van der Waals surface area (Å²) in [6.45, 7) is 0. The molecule has 0 aliphatic rings. The van der Waals surface area contributed by atoms with Crippen molar-refractivity contribution in [2.45, 2.75) is 0 Å². The minimum atomic E-state index is -0.237. The average Bonchev–Trinajstić information content (AvgIpc) is 3.30. The molecule has 0 spiro atoms. The maximum atomic E-state index is 12.1. The molecule has 30 heavy (non-hydrogen) atoms. The lowest BCUT2D eigenvalue weighted by Crippen LogP contribution is -2.07. The van der Waals surface area contributed by atoms with E-state index in [1.54, 1.807) is 77.9 Å². The van der Waals surface area contributed by atoms with Gasteiger partial charge in [-0.25, -0.2) is 4.98 Å². The SMILES string of the molecule is O=C(/C=C/c1ccc(Cl)cc1)Nc1ccc(Oc2ccc(-n3ccnc3)nn2)cc1. The molecule has 1 amide bonds. The number of amides is 1. The molecular formula is C22H16ClN5O2. The van der Waals surface area contributed by atoms with Gasteiger partial charge in [0.25, 0.3) is 0 Å². The van der Waals surface area contributed by atoms with E-state index in [0.29, 0.717) is 28.2 Å². The van der Waals surface area contributed by atoms with Crippen molar-refractivity contribution in [3.8, 4) is 17.4 Å². The number of halogens is 1. The first-order valence-corrected chi connectivity index (χ1v) is 9.38. The average molecular weight is 418 g/mol. The molecule has 8 heteroatoms. The van der Waals surface area contributed by atoms with E-state index >= 15 is 0 Å². The monoisotopic (exact) mass is 417 g/mol. The summed E-state index contributed by atoms with van der Waals surface area (Å²) in [6.07, 6.45) is 8.27. The second kappa shape index (κ2) is 9.02. The van der Waals surface area contributed by atoms with Gasteiger partial charge in [-0.2, -0.15) is 0 Å². The van der Waals surface area contributed by atoms with Crippen LogP contribution in [-0.4, -0.2) is 25.7 Å². The van der Waals surface area contributed by atoms with Gasteiger partial charge in [-0.15, -0.1) is 10.2 Å². The lowest BCUT2D eigenvalue weighted by Gasteiger charge is -2.07. The topological polar surface area (TPSA) is 81.9 Å². The van der Waals surface area contributed by atoms with E-state index in [1.807, 2.05) is 12.1 Å². The maximum Gasteiger partial charge on any atom is 0.248 e. The number of carbonyl (C=O) groups excluding carboxylic acids is 1. The fourth-order valence-electron chi connectivity index (χ4n) is 2.56. The zero-order chi connectivity index (χ0) is 20.8. The molecule has 1 N–H and O–H groups in total. The van der Waals surface area contributed by atoms with E-state index < -0.39 is 0 Å². The van der Waals surface area contributed by atoms with E-state index in [1.165, 1.54) is 6.08 Å². The Morgan fingerprint density at radius 3 is 2.47 bits per heavy atom. The largest absolute Gasteiger partial charge is 0.438 e. The number of nitrogens with zero attached hydrogens (tertiary/aromatic N) is 4. The highest BCUT2D eigenvalue weighted by atomic mass is 35.5. The lowest BCUT2D eigenvalue weighted by molar-refractivity contribution is -0.111. The van der Waals surface area contributed by atoms with Gasteiger partial charge >= 0.3 is 0 Å². The molecule has 0 aliphatic carbocycles. The van der Waals surface area contributed by atoms with Crippen molar-refractivity contribution >= 4 is 29.3 Å². The standard InChI is InChI=1S/C22H16ClN5O2/c23-17-4-1-16(2-5-17)3-11-21(29)25-18-6-8-19(9-7-18)30-22-12-10-20(26-27-22)28-14-13-24-15-28/h1-15H,(H,25,29)/b11-3+. The van der Waals surface area contributed by atoms with Crippen LogP contribution in [0.4, 0.5) is 5.69 Å². The van der Waals surface area contributed by atoms with Gasteiger partial charge in [0.05, 0.1) is 0 Å². The van der Waals surface area contributed by atoms with Crippen molar-refractivity contribution < 1.29 is 9.53 Å². The second-order valence-corrected chi connectivity index (χ2v) is 6.64. The van der Waals surface area contributed by atoms with Crippen LogP contribution >= 0.6 is 11.6 Å². The summed E-state index contributed by atoms with van der Waals surface area (Å²) in [5.74, 6) is 1.35. The van der Waals surface area contributed by atoms with Crippen molar-refractivity contribution in [3.05, 3.63) is 96.0 Å². The molecule has 0 radical (unpaired) electrons. The van der Waals surface area contributed by atoms with Crippen LogP contribution in [0.1, 0.15) is 5.56 Å². The number of imidazole rings is 1. The summed E-state index contributed by atoms with van der Waals surface area (Å²) in [6, 6.07) is 17.7. The van der Waals surface area contributed by atoms with Crippen LogP contribution in [0.25, 0.3) is 11.9 Å². The minimum Gasteiger partial charge on any atom is -0.438 e. The highest BCUT2D eigenvalue weighted by molar-refractivity contribution is 6.30. The molecule has 4 rings (SSSR count). The first-order chi connectivity index (χ1) is 14.7. The van der Waals surface area contributed by atoms with Gasteiger partial charge in [-0.05, 0) is 54.1 Å². The Morgan fingerprint density at radius 1 is 1.00 bits per heavy atom. The summed E-state index contributed by atoms with van der Waals surface area (Å²) in [5.41, 5.74) is 1.54. The van der Waals surface area contributed by atoms with Crippen LogP contribution in [-0.2, 0) is 4.79 Å². The van der Waals surface area contributed by atoms with Gasteiger partial charge in [-0.3, -0.25) is 9.36 Å². The number of rotatable bonds is 6. The van der Waals surface area contributed by atoms with Gasteiger partial charge in [0.15, 0.2) is 5.82 Å². The first-order valence-electron chi connectivity index (χ1n) is 9.00. The van der Waals surface area contributed by atoms with E-state index in [0.717, 1.165) is 5.56 Å². The third-order valence-corrected chi connectivity index (χ3v) is 4.29. The van der Waals surface area contributed by atoms with Crippen molar-refractivity contribution in [2.75, 3.05) is 5.32 Å². The van der Waals surface area contributed by atoms with E-state index in [-0.39, 0.29) is 5.91 Å². The van der Waals surface area contributed by atoms with Crippen LogP contribution in [0, 0.1) is 0 Å². The Hall–Kier alpha value is -3.97. The molecule has 2 aromatic carbocycles. The summed E-state index contributed by atoms with van der Waals surface area (Å²) in [7, 11) is 0. The van der Waals surface area contributed by atoms with E-state index in [4.69, 9.17) is 16.3 Å². The second-order valence-electron chi connectivity index (χ2n) is 6.20. The Balaban J connectivity index is 1.33. The molecule has 0 atom stereocenters. The number of anilines is 1. The molecule has 0 saturated heterocycles. The molecule has 0 aliphatic heterocycles. The molecule has 2 aromatic heterocycles. The Kier molecular flexibility index (Phi) is 5.82. The number of carbonyl (C=O) groups is 1. The number of hydrogen-bond donors (Lipinski definition) is 1. The van der Waals surface area contributed by atoms with Crippen molar-refractivity contribution in [3.63, 3.8) is 0 Å². The molecule has 0 unspecified atom stereocenters. The predicted octanol–water partition coefficient (Wildman–Crippen LogP) is 4.76. The van der Waals surface area contributed by atoms with Crippen LogP contribution < -0.4 is 10.1 Å². The molecule has 148 valence electrons. The molecule has 0 bridgehead atoms. The lowest BCUT2D eigenvalue weighted by atomic mass is 10.2. The Labute approximate surface area is 177 Å². The first kappa shape index (κ1) is 19.4. The van der Waals surface area contributed by atoms with Gasteiger partial charge in [0, 0.05) is 35.2 Å². The van der Waals surface area contributed by atoms with Crippen molar-refractivity contribution in [1.29, 1.82) is 0 Å². The third kappa shape index (κ3) is 5.09. The highest BCUT2D eigenvalue weighted by Crippen LogP contribution is 2.21. The number of nitrogens with one attached hydrogen (secondary N) is 1. The normalized spacial score (nSPS) is 10.8. The number of benzene rings is 2. The predicted molar refractivity (Wildman–Crippen MR) is 115 cm³/mol. The molecule has 2 heterocycles. The third-order valence-electron chi connectivity index (χ3n) is 4.04. The van der Waals surface area contributed by atoms with Crippen molar-refractivity contribution in [2.24, 2.45) is 0 Å². The minimum absolute atomic E-state index is 0.237. The quantitative estimate of drug-likeness (QED) is 0.457. The van der Waals surface area contributed by atoms with Gasteiger partial charge in [0.2, 0.25) is 11.8 Å². The van der Waals surface area contributed by atoms with Gasteiger partial charge in [0.1, 0.15) is 12.1 Å². The zero-order valence-electron chi connectivity index (χ0n) is 15.6. The summed E-state index contributed by atoms with van der Waals surface area (Å²) < 4.78 is 7.44. The number of hydrogen-bond acceptors (Lipinski definition) is 5. The summed E-state index contributed by atoms with van der Waals surface area (Å²) in [4.78, 5) is 16.1. The highest BCUT2D eigenvalue weighted by Gasteiger charge is 2.03. The fraction of sp³-hybridized carbons (Fsp3) is 0. The Morgan fingerprint density at radius 2 is 1.80 bits per heavy atom. The molecule has 7 nitrogen and oxygen atoms in total. The van der Waals surface area contributed by atoms with E-state index in [2.05, 4.69) is 20.5 Å². The van der Waals surface area contributed by atoms with E-state index in [9.17, 15) is 4.79 Å². The van der Waals surface area contributed by atoms with Crippen LogP contribution in [0.15, 0.2) is 85.5 Å². The maximum absolute atomic E-state index is 12.1. The summed E-state index contributed by atoms with van der Waals surface area (Å²) >= 11 is 5.85. The smallest absolute Gasteiger partial charge is 0.248 e. The van der Waals surface area contributed by atoms with Crippen LogP contribution in [0.2, 0.25) is 5.02 Å². The number of aromatic nitrogens is 4. The molecule has 0 saturated carbocycles. The van der Waals surface area contributed by atoms with Gasteiger partial charge < -0.3 is 10.1 Å². The zero-order valence-corrected chi connectivity index (χ0v) is 16.4. The van der Waals surface area contributed by atoms with Crippen LogP contribution in [0.5, 0.6) is 11.6 Å². The summed E-state index contributed by atoms with van der Waals surface area (Å²) in [5, 5.41) is 11.6. The Bertz CT molecular complexity index is 1140.